The predicted octanol–water partition coefficient (Wildman–Crippen LogP) is 5.92. The highest BCUT2D eigenvalue weighted by molar-refractivity contribution is 9.10. The molecule has 5 nitrogen and oxygen atoms in total. The van der Waals surface area contributed by atoms with E-state index in [4.69, 9.17) is 33.4 Å². The van der Waals surface area contributed by atoms with Gasteiger partial charge in [-0.25, -0.2) is 18.2 Å². The molecule has 0 unspecified atom stereocenters. The van der Waals surface area contributed by atoms with Crippen molar-refractivity contribution >= 4 is 49.2 Å². The molecule has 1 heterocycles. The van der Waals surface area contributed by atoms with Crippen LogP contribution in [0.15, 0.2) is 82.2 Å². The molecule has 0 aliphatic heterocycles. The second-order valence-corrected chi connectivity index (χ2v) is 9.65. The van der Waals surface area contributed by atoms with Gasteiger partial charge < -0.3 is 0 Å². The molecule has 152 valence electrons. The summed E-state index contributed by atoms with van der Waals surface area (Å²) in [4.78, 5) is -0.0298. The largest absolute Gasteiger partial charge is 0.240 e. The molecular weight excluding hydrogens is 509 g/mol. The Morgan fingerprint density at radius 3 is 1.93 bits per heavy atom. The van der Waals surface area contributed by atoms with Crippen molar-refractivity contribution in [3.8, 4) is 28.2 Å². The van der Waals surface area contributed by atoms with Crippen molar-refractivity contribution in [3.05, 3.63) is 87.3 Å². The second kappa shape index (κ2) is 8.17. The molecule has 2 N–H and O–H groups in total. The van der Waals surface area contributed by atoms with Gasteiger partial charge in [-0.15, -0.1) is 0 Å². The SMILES string of the molecule is NS(=O)(=O)c1ccccc1-n1nc(-c2ccc(Cl)cc2)c(Br)c1-c1ccc(Cl)cc1. The van der Waals surface area contributed by atoms with Crippen molar-refractivity contribution in [2.45, 2.75) is 4.90 Å². The smallest absolute Gasteiger partial charge is 0.230 e. The minimum atomic E-state index is -3.98. The molecular formula is C21H14BrCl2N3O2S. The predicted molar refractivity (Wildman–Crippen MR) is 124 cm³/mol. The Morgan fingerprint density at radius 2 is 1.37 bits per heavy atom. The van der Waals surface area contributed by atoms with Crippen molar-refractivity contribution in [3.63, 3.8) is 0 Å². The van der Waals surface area contributed by atoms with Gasteiger partial charge in [0.15, 0.2) is 0 Å². The average Bonchev–Trinajstić information content (AvgIpc) is 3.06. The lowest BCUT2D eigenvalue weighted by molar-refractivity contribution is 0.596. The van der Waals surface area contributed by atoms with Crippen LogP contribution in [0, 0.1) is 0 Å². The summed E-state index contributed by atoms with van der Waals surface area (Å²) in [6.07, 6.45) is 0. The van der Waals surface area contributed by atoms with Gasteiger partial charge in [0.05, 0.1) is 15.9 Å². The number of nitrogens with zero attached hydrogens (tertiary/aromatic N) is 2. The van der Waals surface area contributed by atoms with Gasteiger partial charge in [0.1, 0.15) is 10.6 Å². The van der Waals surface area contributed by atoms with Gasteiger partial charge in [-0.1, -0.05) is 59.6 Å². The van der Waals surface area contributed by atoms with Gasteiger partial charge in [-0.2, -0.15) is 5.10 Å². The van der Waals surface area contributed by atoms with Crippen LogP contribution in [-0.4, -0.2) is 18.2 Å². The fourth-order valence-corrected chi connectivity index (χ4v) is 4.77. The number of primary sulfonamides is 1. The topological polar surface area (TPSA) is 78.0 Å². The molecule has 0 radical (unpaired) electrons. The summed E-state index contributed by atoms with van der Waals surface area (Å²) in [7, 11) is -3.98. The molecule has 4 rings (SSSR count). The fourth-order valence-electron chi connectivity index (χ4n) is 3.10. The van der Waals surface area contributed by atoms with Gasteiger partial charge >= 0.3 is 0 Å². The maximum atomic E-state index is 12.2. The monoisotopic (exact) mass is 521 g/mol. The first kappa shape index (κ1) is 21.1. The summed E-state index contributed by atoms with van der Waals surface area (Å²) in [5, 5.41) is 11.4. The first-order valence-corrected chi connectivity index (χ1v) is 11.8. The van der Waals surface area contributed by atoms with E-state index in [1.165, 1.54) is 6.07 Å². The molecule has 9 heteroatoms. The number of rotatable bonds is 4. The standard InChI is InChI=1S/C21H14BrCl2N3O2S/c22-19-20(13-5-9-15(23)10-6-13)26-27(21(19)14-7-11-16(24)12-8-14)17-3-1-2-4-18(17)30(25,28)29/h1-12H,(H2,25,28,29). The number of benzene rings is 3. The fraction of sp³-hybridized carbons (Fsp3) is 0. The summed E-state index contributed by atoms with van der Waals surface area (Å²) in [5.74, 6) is 0. The molecule has 0 amide bonds. The van der Waals surface area contributed by atoms with E-state index in [1.54, 1.807) is 47.1 Å². The highest BCUT2D eigenvalue weighted by Gasteiger charge is 2.23. The van der Waals surface area contributed by atoms with E-state index in [2.05, 4.69) is 15.9 Å². The van der Waals surface area contributed by atoms with Gasteiger partial charge in [0.2, 0.25) is 10.0 Å². The third-order valence-corrected chi connectivity index (χ3v) is 6.68. The van der Waals surface area contributed by atoms with Crippen molar-refractivity contribution in [1.29, 1.82) is 0 Å². The Hall–Kier alpha value is -2.16. The zero-order chi connectivity index (χ0) is 21.5. The molecule has 0 atom stereocenters. The Bertz CT molecular complexity index is 1340. The third-order valence-electron chi connectivity index (χ3n) is 4.46. The summed E-state index contributed by atoms with van der Waals surface area (Å²) >= 11 is 15.7. The molecule has 0 saturated heterocycles. The van der Waals surface area contributed by atoms with Crippen LogP contribution in [0.2, 0.25) is 10.0 Å². The number of aromatic nitrogens is 2. The minimum Gasteiger partial charge on any atom is -0.230 e. The highest BCUT2D eigenvalue weighted by atomic mass is 79.9. The first-order chi connectivity index (χ1) is 14.3. The third kappa shape index (κ3) is 4.04. The normalized spacial score (nSPS) is 11.6. The molecule has 0 saturated carbocycles. The van der Waals surface area contributed by atoms with Crippen LogP contribution in [0.5, 0.6) is 0 Å². The molecule has 0 fully saturated rings. The minimum absolute atomic E-state index is 0.0298. The van der Waals surface area contributed by atoms with Crippen LogP contribution < -0.4 is 5.14 Å². The lowest BCUT2D eigenvalue weighted by atomic mass is 10.1. The number of nitrogens with two attached hydrogens (primary N) is 1. The molecule has 0 spiro atoms. The van der Waals surface area contributed by atoms with E-state index in [9.17, 15) is 8.42 Å². The van der Waals surface area contributed by atoms with Gasteiger partial charge in [-0.05, 0) is 52.3 Å². The summed E-state index contributed by atoms with van der Waals surface area (Å²) in [6, 6.07) is 20.9. The summed E-state index contributed by atoms with van der Waals surface area (Å²) < 4.78 is 26.7. The zero-order valence-electron chi connectivity index (χ0n) is 15.3. The van der Waals surface area contributed by atoms with Crippen molar-refractivity contribution in [2.24, 2.45) is 5.14 Å². The van der Waals surface area contributed by atoms with Crippen LogP contribution in [0.1, 0.15) is 0 Å². The first-order valence-electron chi connectivity index (χ1n) is 8.68. The zero-order valence-corrected chi connectivity index (χ0v) is 19.2. The Labute approximate surface area is 192 Å². The molecule has 30 heavy (non-hydrogen) atoms. The Kier molecular flexibility index (Phi) is 5.74. The van der Waals surface area contributed by atoms with Gasteiger partial charge in [0, 0.05) is 21.2 Å². The lowest BCUT2D eigenvalue weighted by Gasteiger charge is -2.12. The van der Waals surface area contributed by atoms with E-state index in [0.29, 0.717) is 31.6 Å². The van der Waals surface area contributed by atoms with Crippen LogP contribution >= 0.6 is 39.1 Å². The quantitative estimate of drug-likeness (QED) is 0.361. The molecule has 0 aliphatic rings. The average molecular weight is 523 g/mol. The van der Waals surface area contributed by atoms with Crippen molar-refractivity contribution < 1.29 is 8.42 Å². The maximum Gasteiger partial charge on any atom is 0.240 e. The van der Waals surface area contributed by atoms with E-state index >= 15 is 0 Å². The van der Waals surface area contributed by atoms with E-state index in [0.717, 1.165) is 11.1 Å². The van der Waals surface area contributed by atoms with Crippen molar-refractivity contribution in [2.75, 3.05) is 0 Å². The highest BCUT2D eigenvalue weighted by Crippen LogP contribution is 2.39. The van der Waals surface area contributed by atoms with Crippen LogP contribution in [0.4, 0.5) is 0 Å². The number of hydrogen-bond acceptors (Lipinski definition) is 3. The van der Waals surface area contributed by atoms with Gasteiger partial charge in [0.25, 0.3) is 0 Å². The molecule has 0 aliphatic carbocycles. The Balaban J connectivity index is 2.04. The number of para-hydroxylation sites is 1. The number of hydrogen-bond donors (Lipinski definition) is 1. The van der Waals surface area contributed by atoms with Crippen LogP contribution in [0.25, 0.3) is 28.2 Å². The molecule has 3 aromatic carbocycles. The second-order valence-electron chi connectivity index (χ2n) is 6.45. The number of sulfonamides is 1. The maximum absolute atomic E-state index is 12.2. The molecule has 0 bridgehead atoms. The van der Waals surface area contributed by atoms with Gasteiger partial charge in [-0.3, -0.25) is 0 Å². The summed E-state index contributed by atoms with van der Waals surface area (Å²) in [5.41, 5.74) is 3.23. The van der Waals surface area contributed by atoms with Crippen molar-refractivity contribution in [1.82, 2.24) is 9.78 Å². The van der Waals surface area contributed by atoms with E-state index in [1.807, 2.05) is 24.3 Å². The Morgan fingerprint density at radius 1 is 0.833 bits per heavy atom. The molecule has 4 aromatic rings. The van der Waals surface area contributed by atoms with Crippen LogP contribution in [-0.2, 0) is 10.0 Å². The van der Waals surface area contributed by atoms with Crippen LogP contribution in [0.3, 0.4) is 0 Å². The lowest BCUT2D eigenvalue weighted by Crippen LogP contribution is -2.16. The van der Waals surface area contributed by atoms with E-state index in [-0.39, 0.29) is 4.90 Å². The summed E-state index contributed by atoms with van der Waals surface area (Å²) in [6.45, 7) is 0. The molecule has 1 aromatic heterocycles. The van der Waals surface area contributed by atoms with E-state index < -0.39 is 10.0 Å². The number of halogens is 3.